The molecule has 112 valence electrons. The fourth-order valence-corrected chi connectivity index (χ4v) is 3.39. The van der Waals surface area contributed by atoms with E-state index < -0.39 is 0 Å². The van der Waals surface area contributed by atoms with Crippen molar-refractivity contribution in [3.05, 3.63) is 35.6 Å². The standard InChI is InChI=1S/C18H28FN/c1-2-6-15-7-5-9-17(12-11-15)20-14-13-16-8-3-4-10-18(16)19/h3-4,8,10,15,17,20H,2,5-7,9,11-14H2,1H3. The van der Waals surface area contributed by atoms with Crippen molar-refractivity contribution in [3.63, 3.8) is 0 Å². The molecule has 2 heteroatoms. The van der Waals surface area contributed by atoms with Gasteiger partial charge in [0.15, 0.2) is 0 Å². The maximum Gasteiger partial charge on any atom is 0.126 e. The first kappa shape index (κ1) is 15.5. The number of nitrogens with one attached hydrogen (secondary N) is 1. The Morgan fingerprint density at radius 3 is 2.80 bits per heavy atom. The van der Waals surface area contributed by atoms with Gasteiger partial charge in [-0.05, 0) is 49.8 Å². The van der Waals surface area contributed by atoms with Crippen LogP contribution in [0.15, 0.2) is 24.3 Å². The topological polar surface area (TPSA) is 12.0 Å². The number of benzene rings is 1. The molecule has 1 aliphatic rings. The Balaban J connectivity index is 1.70. The Bertz CT molecular complexity index is 391. The second-order valence-electron chi connectivity index (χ2n) is 6.16. The van der Waals surface area contributed by atoms with Crippen molar-refractivity contribution in [2.75, 3.05) is 6.54 Å². The molecule has 0 aromatic heterocycles. The molecule has 1 nitrogen and oxygen atoms in total. The Morgan fingerprint density at radius 1 is 1.15 bits per heavy atom. The van der Waals surface area contributed by atoms with Crippen LogP contribution in [0.5, 0.6) is 0 Å². The SMILES string of the molecule is CCCC1CCCC(NCCc2ccccc2F)CC1. The van der Waals surface area contributed by atoms with Gasteiger partial charge in [-0.1, -0.05) is 50.8 Å². The zero-order valence-corrected chi connectivity index (χ0v) is 12.7. The monoisotopic (exact) mass is 277 g/mol. The third-order valence-corrected chi connectivity index (χ3v) is 4.57. The highest BCUT2D eigenvalue weighted by Crippen LogP contribution is 2.26. The second kappa shape index (κ2) is 8.41. The van der Waals surface area contributed by atoms with Crippen LogP contribution >= 0.6 is 0 Å². The molecule has 0 heterocycles. The number of hydrogen-bond donors (Lipinski definition) is 1. The predicted octanol–water partition coefficient (Wildman–Crippen LogP) is 4.71. The molecule has 0 radical (unpaired) electrons. The van der Waals surface area contributed by atoms with Gasteiger partial charge in [0, 0.05) is 6.04 Å². The summed E-state index contributed by atoms with van der Waals surface area (Å²) in [6, 6.07) is 7.76. The Kier molecular flexibility index (Phi) is 6.52. The van der Waals surface area contributed by atoms with Gasteiger partial charge >= 0.3 is 0 Å². The van der Waals surface area contributed by atoms with Crippen molar-refractivity contribution in [1.82, 2.24) is 5.32 Å². The summed E-state index contributed by atoms with van der Waals surface area (Å²) in [5.41, 5.74) is 0.831. The van der Waals surface area contributed by atoms with E-state index >= 15 is 0 Å². The first-order valence-electron chi connectivity index (χ1n) is 8.26. The fraction of sp³-hybridized carbons (Fsp3) is 0.667. The van der Waals surface area contributed by atoms with E-state index in [4.69, 9.17) is 0 Å². The fourth-order valence-electron chi connectivity index (χ4n) is 3.39. The summed E-state index contributed by atoms with van der Waals surface area (Å²) >= 11 is 0. The first-order chi connectivity index (χ1) is 9.79. The lowest BCUT2D eigenvalue weighted by atomic mass is 9.95. The van der Waals surface area contributed by atoms with Crippen LogP contribution in [-0.2, 0) is 6.42 Å². The summed E-state index contributed by atoms with van der Waals surface area (Å²) in [5, 5.41) is 3.63. The minimum Gasteiger partial charge on any atom is -0.314 e. The van der Waals surface area contributed by atoms with Gasteiger partial charge in [0.2, 0.25) is 0 Å². The second-order valence-corrected chi connectivity index (χ2v) is 6.16. The minimum absolute atomic E-state index is 0.0711. The molecular formula is C18H28FN. The molecule has 2 unspecified atom stereocenters. The average molecular weight is 277 g/mol. The molecule has 1 fully saturated rings. The highest BCUT2D eigenvalue weighted by atomic mass is 19.1. The molecule has 20 heavy (non-hydrogen) atoms. The van der Waals surface area contributed by atoms with Gasteiger partial charge in [0.05, 0.1) is 0 Å². The lowest BCUT2D eigenvalue weighted by Crippen LogP contribution is -2.30. The summed E-state index contributed by atoms with van der Waals surface area (Å²) < 4.78 is 13.5. The summed E-state index contributed by atoms with van der Waals surface area (Å²) in [6.07, 6.45) is 10.2. The number of rotatable bonds is 6. The van der Waals surface area contributed by atoms with Gasteiger partial charge in [-0.3, -0.25) is 0 Å². The highest BCUT2D eigenvalue weighted by molar-refractivity contribution is 5.17. The van der Waals surface area contributed by atoms with E-state index in [2.05, 4.69) is 12.2 Å². The lowest BCUT2D eigenvalue weighted by molar-refractivity contribution is 0.410. The van der Waals surface area contributed by atoms with Crippen molar-refractivity contribution in [2.24, 2.45) is 5.92 Å². The molecule has 1 aliphatic carbocycles. The molecule has 0 aliphatic heterocycles. The van der Waals surface area contributed by atoms with Crippen LogP contribution in [-0.4, -0.2) is 12.6 Å². The van der Waals surface area contributed by atoms with Gasteiger partial charge in [-0.25, -0.2) is 4.39 Å². The normalized spacial score (nSPS) is 23.5. The van der Waals surface area contributed by atoms with Crippen molar-refractivity contribution < 1.29 is 4.39 Å². The number of hydrogen-bond acceptors (Lipinski definition) is 1. The van der Waals surface area contributed by atoms with Crippen LogP contribution in [0.4, 0.5) is 4.39 Å². The Labute approximate surface area is 123 Å². The molecule has 0 saturated heterocycles. The van der Waals surface area contributed by atoms with E-state index in [1.807, 2.05) is 12.1 Å². The van der Waals surface area contributed by atoms with Crippen molar-refractivity contribution >= 4 is 0 Å². The van der Waals surface area contributed by atoms with Crippen LogP contribution in [0.3, 0.4) is 0 Å². The smallest absolute Gasteiger partial charge is 0.126 e. The van der Waals surface area contributed by atoms with Gasteiger partial charge in [0.25, 0.3) is 0 Å². The lowest BCUT2D eigenvalue weighted by Gasteiger charge is -2.17. The molecule has 1 N–H and O–H groups in total. The summed E-state index contributed by atoms with van der Waals surface area (Å²) in [5.74, 6) is 0.872. The van der Waals surface area contributed by atoms with Crippen LogP contribution in [0, 0.1) is 11.7 Å². The summed E-state index contributed by atoms with van der Waals surface area (Å²) in [7, 11) is 0. The molecule has 2 atom stereocenters. The molecule has 0 bridgehead atoms. The van der Waals surface area contributed by atoms with Gasteiger partial charge in [-0.2, -0.15) is 0 Å². The maximum atomic E-state index is 13.5. The molecule has 1 saturated carbocycles. The predicted molar refractivity (Wildman–Crippen MR) is 83.4 cm³/mol. The van der Waals surface area contributed by atoms with Gasteiger partial charge < -0.3 is 5.32 Å². The van der Waals surface area contributed by atoms with E-state index in [0.29, 0.717) is 6.04 Å². The van der Waals surface area contributed by atoms with Crippen LogP contribution in [0.1, 0.15) is 57.4 Å². The van der Waals surface area contributed by atoms with E-state index in [9.17, 15) is 4.39 Å². The zero-order chi connectivity index (χ0) is 14.2. The minimum atomic E-state index is -0.0711. The van der Waals surface area contributed by atoms with E-state index in [1.165, 1.54) is 44.9 Å². The third-order valence-electron chi connectivity index (χ3n) is 4.57. The Hall–Kier alpha value is -0.890. The Morgan fingerprint density at radius 2 is 2.00 bits per heavy atom. The third kappa shape index (κ3) is 4.90. The van der Waals surface area contributed by atoms with E-state index in [1.54, 1.807) is 12.1 Å². The molecule has 1 aromatic rings. The molecule has 0 spiro atoms. The van der Waals surface area contributed by atoms with Crippen molar-refractivity contribution in [3.8, 4) is 0 Å². The highest BCUT2D eigenvalue weighted by Gasteiger charge is 2.17. The van der Waals surface area contributed by atoms with Crippen molar-refractivity contribution in [2.45, 2.75) is 64.3 Å². The van der Waals surface area contributed by atoms with Crippen molar-refractivity contribution in [1.29, 1.82) is 0 Å². The molecule has 0 amide bonds. The van der Waals surface area contributed by atoms with Crippen LogP contribution in [0.2, 0.25) is 0 Å². The molecule has 1 aromatic carbocycles. The average Bonchev–Trinajstić information content (AvgIpc) is 2.67. The number of halogens is 1. The van der Waals surface area contributed by atoms with Gasteiger partial charge in [-0.15, -0.1) is 0 Å². The first-order valence-corrected chi connectivity index (χ1v) is 8.26. The van der Waals surface area contributed by atoms with Gasteiger partial charge in [0.1, 0.15) is 5.82 Å². The molecular weight excluding hydrogens is 249 g/mol. The van der Waals surface area contributed by atoms with E-state index in [-0.39, 0.29) is 5.82 Å². The zero-order valence-electron chi connectivity index (χ0n) is 12.7. The van der Waals surface area contributed by atoms with Crippen LogP contribution < -0.4 is 5.32 Å². The largest absolute Gasteiger partial charge is 0.314 e. The maximum absolute atomic E-state index is 13.5. The summed E-state index contributed by atoms with van der Waals surface area (Å²) in [4.78, 5) is 0. The summed E-state index contributed by atoms with van der Waals surface area (Å²) in [6.45, 7) is 3.18. The molecule has 2 rings (SSSR count). The van der Waals surface area contributed by atoms with E-state index in [0.717, 1.165) is 24.4 Å². The quantitative estimate of drug-likeness (QED) is 0.743. The van der Waals surface area contributed by atoms with Crippen LogP contribution in [0.25, 0.3) is 0 Å².